The van der Waals surface area contributed by atoms with E-state index in [2.05, 4.69) is 20.0 Å². The molecule has 1 N–H and O–H groups in total. The summed E-state index contributed by atoms with van der Waals surface area (Å²) in [6, 6.07) is 4.67. The molecule has 6 nitrogen and oxygen atoms in total. The fourth-order valence-electron chi connectivity index (χ4n) is 1.23. The Morgan fingerprint density at radius 1 is 1.15 bits per heavy atom. The van der Waals surface area contributed by atoms with Crippen molar-refractivity contribution in [2.45, 2.75) is 6.42 Å². The van der Waals surface area contributed by atoms with Crippen molar-refractivity contribution in [1.82, 2.24) is 0 Å². The Morgan fingerprint density at radius 2 is 1.75 bits per heavy atom. The number of anilines is 1. The fraction of sp³-hybridized carbons (Fsp3) is 0.250. The maximum atomic E-state index is 11.5. The van der Waals surface area contributed by atoms with E-state index in [1.54, 1.807) is 18.2 Å². The lowest BCUT2D eigenvalue weighted by atomic mass is 10.3. The minimum Gasteiger partial charge on any atom is -0.469 e. The summed E-state index contributed by atoms with van der Waals surface area (Å²) in [7, 11) is 2.40. The smallest absolute Gasteiger partial charge is 0.354 e. The first-order valence-corrected chi connectivity index (χ1v) is 6.15. The quantitative estimate of drug-likeness (QED) is 0.512. The zero-order chi connectivity index (χ0) is 15.1. The number of methoxy groups -OCH3 is 2. The predicted octanol–water partition coefficient (Wildman–Crippen LogP) is 2.50. The van der Waals surface area contributed by atoms with Crippen LogP contribution in [0.5, 0.6) is 0 Å². The molecule has 0 atom stereocenters. The molecule has 0 fully saturated rings. The van der Waals surface area contributed by atoms with Gasteiger partial charge in [0.2, 0.25) is 0 Å². The van der Waals surface area contributed by atoms with Crippen molar-refractivity contribution < 1.29 is 19.1 Å². The van der Waals surface area contributed by atoms with E-state index in [0.29, 0.717) is 15.7 Å². The monoisotopic (exact) mass is 318 g/mol. The number of hydrogen-bond acceptors (Lipinski definition) is 6. The number of carbonyl (C=O) groups is 2. The number of benzene rings is 1. The zero-order valence-corrected chi connectivity index (χ0v) is 12.3. The Morgan fingerprint density at radius 3 is 2.25 bits per heavy atom. The van der Waals surface area contributed by atoms with Gasteiger partial charge in [0.15, 0.2) is 5.71 Å². The molecule has 1 aromatic carbocycles. The van der Waals surface area contributed by atoms with Crippen LogP contribution in [0, 0.1) is 0 Å². The Hall–Kier alpha value is -1.79. The molecule has 0 aliphatic rings. The number of halogens is 2. The SMILES string of the molecule is COC(=O)CC(=NNc1cc(Cl)cc(Cl)c1)C(=O)OC. The van der Waals surface area contributed by atoms with E-state index in [4.69, 9.17) is 23.2 Å². The Balaban J connectivity index is 2.90. The molecule has 0 bridgehead atoms. The van der Waals surface area contributed by atoms with Gasteiger partial charge in [-0.2, -0.15) is 5.10 Å². The third-order valence-corrected chi connectivity index (χ3v) is 2.58. The number of carbonyl (C=O) groups excluding carboxylic acids is 2. The second-order valence-corrected chi connectivity index (χ2v) is 4.45. The van der Waals surface area contributed by atoms with Gasteiger partial charge in [-0.1, -0.05) is 23.2 Å². The molecular formula is C12H12Cl2N2O4. The van der Waals surface area contributed by atoms with Crippen LogP contribution in [0.3, 0.4) is 0 Å². The van der Waals surface area contributed by atoms with Gasteiger partial charge in [0.1, 0.15) is 0 Å². The number of rotatable bonds is 5. The largest absolute Gasteiger partial charge is 0.469 e. The third-order valence-electron chi connectivity index (χ3n) is 2.14. The number of hydrogen-bond donors (Lipinski definition) is 1. The van der Waals surface area contributed by atoms with Crippen molar-refractivity contribution in [3.05, 3.63) is 28.2 Å². The summed E-state index contributed by atoms with van der Waals surface area (Å²) in [5.74, 6) is -1.35. The highest BCUT2D eigenvalue weighted by Gasteiger charge is 2.17. The molecule has 0 saturated carbocycles. The first-order chi connectivity index (χ1) is 9.46. The van der Waals surface area contributed by atoms with E-state index in [1.807, 2.05) is 0 Å². The highest BCUT2D eigenvalue weighted by molar-refractivity contribution is 6.39. The van der Waals surface area contributed by atoms with Crippen LogP contribution in [0.15, 0.2) is 23.3 Å². The van der Waals surface area contributed by atoms with E-state index < -0.39 is 11.9 Å². The van der Waals surface area contributed by atoms with Gasteiger partial charge < -0.3 is 9.47 Å². The molecule has 0 heterocycles. The van der Waals surface area contributed by atoms with E-state index >= 15 is 0 Å². The lowest BCUT2D eigenvalue weighted by molar-refractivity contribution is -0.140. The van der Waals surface area contributed by atoms with Gasteiger partial charge in [0, 0.05) is 10.0 Å². The maximum Gasteiger partial charge on any atom is 0.354 e. The zero-order valence-electron chi connectivity index (χ0n) is 10.8. The third kappa shape index (κ3) is 5.07. The van der Waals surface area contributed by atoms with Crippen molar-refractivity contribution in [3.8, 4) is 0 Å². The molecule has 108 valence electrons. The summed E-state index contributed by atoms with van der Waals surface area (Å²) in [5, 5.41) is 4.62. The molecule has 8 heteroatoms. The molecule has 0 aliphatic heterocycles. The van der Waals surface area contributed by atoms with Crippen molar-refractivity contribution in [2.24, 2.45) is 5.10 Å². The van der Waals surface area contributed by atoms with Gasteiger partial charge in [0.25, 0.3) is 0 Å². The van der Waals surface area contributed by atoms with Gasteiger partial charge in [-0.15, -0.1) is 0 Å². The van der Waals surface area contributed by atoms with Crippen LogP contribution in [0.4, 0.5) is 5.69 Å². The van der Waals surface area contributed by atoms with Crippen molar-refractivity contribution in [3.63, 3.8) is 0 Å². The molecule has 0 aromatic heterocycles. The maximum absolute atomic E-state index is 11.5. The van der Waals surface area contributed by atoms with E-state index in [-0.39, 0.29) is 12.1 Å². The fourth-order valence-corrected chi connectivity index (χ4v) is 1.76. The summed E-state index contributed by atoms with van der Waals surface area (Å²) in [6.07, 6.45) is -0.315. The summed E-state index contributed by atoms with van der Waals surface area (Å²) in [4.78, 5) is 22.6. The van der Waals surface area contributed by atoms with Crippen LogP contribution in [0.1, 0.15) is 6.42 Å². The Kier molecular flexibility index (Phi) is 6.27. The molecule has 0 spiro atoms. The normalized spacial score (nSPS) is 10.9. The van der Waals surface area contributed by atoms with Gasteiger partial charge in [-0.3, -0.25) is 10.2 Å². The standard InChI is InChI=1S/C12H12Cl2N2O4/c1-19-11(17)6-10(12(18)20-2)16-15-9-4-7(13)3-8(14)5-9/h3-5,15H,6H2,1-2H3. The molecule has 0 unspecified atom stereocenters. The minimum atomic E-state index is -0.740. The van der Waals surface area contributed by atoms with Crippen LogP contribution in [-0.4, -0.2) is 31.9 Å². The van der Waals surface area contributed by atoms with Crippen LogP contribution in [0.25, 0.3) is 0 Å². The first kappa shape index (κ1) is 16.3. The van der Waals surface area contributed by atoms with Crippen molar-refractivity contribution >= 4 is 46.5 Å². The lowest BCUT2D eigenvalue weighted by Crippen LogP contribution is -2.21. The topological polar surface area (TPSA) is 77.0 Å². The summed E-state index contributed by atoms with van der Waals surface area (Å²) >= 11 is 11.6. The predicted molar refractivity (Wildman–Crippen MR) is 76.2 cm³/mol. The molecule has 0 radical (unpaired) electrons. The molecule has 0 saturated heterocycles. The number of nitrogens with one attached hydrogen (secondary N) is 1. The summed E-state index contributed by atoms with van der Waals surface area (Å²) in [6.45, 7) is 0. The number of esters is 2. The van der Waals surface area contributed by atoms with Gasteiger partial charge in [-0.05, 0) is 18.2 Å². The molecule has 1 aromatic rings. The number of hydrazone groups is 1. The van der Waals surface area contributed by atoms with E-state index in [0.717, 1.165) is 0 Å². The average molecular weight is 319 g/mol. The van der Waals surface area contributed by atoms with E-state index in [9.17, 15) is 9.59 Å². The highest BCUT2D eigenvalue weighted by Crippen LogP contribution is 2.22. The van der Waals surface area contributed by atoms with Crippen LogP contribution in [0.2, 0.25) is 10.0 Å². The second-order valence-electron chi connectivity index (χ2n) is 3.57. The molecule has 0 aliphatic carbocycles. The summed E-state index contributed by atoms with van der Waals surface area (Å²) < 4.78 is 8.99. The van der Waals surface area contributed by atoms with Crippen LogP contribution >= 0.6 is 23.2 Å². The van der Waals surface area contributed by atoms with Crippen molar-refractivity contribution in [2.75, 3.05) is 19.6 Å². The Labute approximate surface area is 125 Å². The number of ether oxygens (including phenoxy) is 2. The van der Waals surface area contributed by atoms with Gasteiger partial charge >= 0.3 is 11.9 Å². The Bertz CT molecular complexity index is 526. The van der Waals surface area contributed by atoms with E-state index in [1.165, 1.54) is 14.2 Å². The minimum absolute atomic E-state index is 0.129. The lowest BCUT2D eigenvalue weighted by Gasteiger charge is -2.06. The van der Waals surface area contributed by atoms with Crippen molar-refractivity contribution in [1.29, 1.82) is 0 Å². The second kappa shape index (κ2) is 7.72. The van der Waals surface area contributed by atoms with Crippen LogP contribution < -0.4 is 5.43 Å². The molecule has 0 amide bonds. The van der Waals surface area contributed by atoms with Gasteiger partial charge in [0.05, 0.1) is 26.3 Å². The highest BCUT2D eigenvalue weighted by atomic mass is 35.5. The van der Waals surface area contributed by atoms with Gasteiger partial charge in [-0.25, -0.2) is 4.79 Å². The first-order valence-electron chi connectivity index (χ1n) is 5.40. The molecule has 20 heavy (non-hydrogen) atoms. The average Bonchev–Trinajstić information content (AvgIpc) is 2.41. The molecule has 1 rings (SSSR count). The van der Waals surface area contributed by atoms with Crippen LogP contribution in [-0.2, 0) is 19.1 Å². The summed E-state index contributed by atoms with van der Waals surface area (Å²) in [5.41, 5.74) is 2.92. The number of nitrogens with zero attached hydrogens (tertiary/aromatic N) is 1. The molecular weight excluding hydrogens is 307 g/mol.